The minimum absolute atomic E-state index is 0.0778. The average molecular weight is 478 g/mol. The zero-order valence-corrected chi connectivity index (χ0v) is 18.8. The van der Waals surface area contributed by atoms with E-state index in [9.17, 15) is 19.8 Å². The van der Waals surface area contributed by atoms with E-state index >= 15 is 0 Å². The second kappa shape index (κ2) is 11.7. The second-order valence-corrected chi connectivity index (χ2v) is 7.98. The molecule has 3 aromatic rings. The van der Waals surface area contributed by atoms with Crippen LogP contribution in [0, 0.1) is 0 Å². The van der Waals surface area contributed by atoms with Gasteiger partial charge in [-0.3, -0.25) is 0 Å². The Balaban J connectivity index is 1.62. The summed E-state index contributed by atoms with van der Waals surface area (Å²) in [4.78, 5) is 25.8. The Bertz CT molecular complexity index is 1090. The van der Waals surface area contributed by atoms with Gasteiger partial charge < -0.3 is 29.2 Å². The number of benzene rings is 3. The quantitative estimate of drug-likeness (QED) is 0.476. The summed E-state index contributed by atoms with van der Waals surface area (Å²) in [6, 6.07) is 25.7. The molecule has 1 heterocycles. The minimum atomic E-state index is -1.55. The van der Waals surface area contributed by atoms with Crippen molar-refractivity contribution in [2.24, 2.45) is 0 Å². The Morgan fingerprint density at radius 2 is 1.20 bits per heavy atom. The zero-order chi connectivity index (χ0) is 24.6. The molecule has 0 bridgehead atoms. The van der Waals surface area contributed by atoms with Crippen LogP contribution < -0.4 is 0 Å². The van der Waals surface area contributed by atoms with Crippen molar-refractivity contribution in [3.63, 3.8) is 0 Å². The number of aliphatic hydroxyl groups excluding tert-OH is 2. The van der Waals surface area contributed by atoms with Crippen molar-refractivity contribution in [2.75, 3.05) is 6.61 Å². The van der Waals surface area contributed by atoms with Gasteiger partial charge in [0.05, 0.1) is 24.3 Å². The predicted octanol–water partition coefficient (Wildman–Crippen LogP) is 2.73. The Morgan fingerprint density at radius 1 is 0.714 bits per heavy atom. The van der Waals surface area contributed by atoms with Gasteiger partial charge in [-0.25, -0.2) is 9.59 Å². The first-order chi connectivity index (χ1) is 17.1. The summed E-state index contributed by atoms with van der Waals surface area (Å²) in [7, 11) is 0. The highest BCUT2D eigenvalue weighted by Crippen LogP contribution is 2.29. The van der Waals surface area contributed by atoms with Crippen LogP contribution in [-0.4, -0.2) is 59.5 Å². The summed E-state index contributed by atoms with van der Waals surface area (Å²) in [6.45, 7) is -0.511. The summed E-state index contributed by atoms with van der Waals surface area (Å²) in [5.41, 5.74) is 1.35. The van der Waals surface area contributed by atoms with Crippen molar-refractivity contribution < 1.29 is 38.7 Å². The van der Waals surface area contributed by atoms with Gasteiger partial charge in [0.1, 0.15) is 12.2 Å². The molecule has 182 valence electrons. The molecule has 1 aliphatic heterocycles. The minimum Gasteiger partial charge on any atom is -0.452 e. The van der Waals surface area contributed by atoms with Crippen molar-refractivity contribution >= 4 is 11.9 Å². The third kappa shape index (κ3) is 6.12. The van der Waals surface area contributed by atoms with E-state index in [1.54, 1.807) is 60.7 Å². The summed E-state index contributed by atoms with van der Waals surface area (Å²) < 4.78 is 22.8. The predicted molar refractivity (Wildman–Crippen MR) is 124 cm³/mol. The van der Waals surface area contributed by atoms with E-state index in [0.717, 1.165) is 5.56 Å². The molecule has 1 aliphatic rings. The fourth-order valence-electron chi connectivity index (χ4n) is 3.79. The smallest absolute Gasteiger partial charge is 0.338 e. The van der Waals surface area contributed by atoms with Crippen LogP contribution in [0.5, 0.6) is 0 Å². The molecule has 0 aliphatic carbocycles. The van der Waals surface area contributed by atoms with E-state index in [2.05, 4.69) is 0 Å². The van der Waals surface area contributed by atoms with Gasteiger partial charge in [0.2, 0.25) is 0 Å². The van der Waals surface area contributed by atoms with E-state index in [1.807, 2.05) is 30.3 Å². The zero-order valence-electron chi connectivity index (χ0n) is 18.8. The van der Waals surface area contributed by atoms with Gasteiger partial charge in [0, 0.05) is 0 Å². The molecule has 8 nitrogen and oxygen atoms in total. The van der Waals surface area contributed by atoms with Crippen LogP contribution >= 0.6 is 0 Å². The highest BCUT2D eigenvalue weighted by atomic mass is 16.7. The Morgan fingerprint density at radius 3 is 1.71 bits per heavy atom. The van der Waals surface area contributed by atoms with E-state index in [-0.39, 0.29) is 17.7 Å². The Labute approximate surface area is 202 Å². The van der Waals surface area contributed by atoms with Crippen molar-refractivity contribution in [3.05, 3.63) is 108 Å². The summed E-state index contributed by atoms with van der Waals surface area (Å²) in [5.74, 6) is -1.40. The summed E-state index contributed by atoms with van der Waals surface area (Å²) in [5, 5.41) is 20.6. The van der Waals surface area contributed by atoms with Crippen LogP contribution in [0.3, 0.4) is 0 Å². The summed E-state index contributed by atoms with van der Waals surface area (Å²) in [6.07, 6.45) is -6.40. The van der Waals surface area contributed by atoms with Gasteiger partial charge in [-0.2, -0.15) is 0 Å². The third-order valence-electron chi connectivity index (χ3n) is 5.58. The standard InChI is InChI=1S/C27H26O8/c28-16-21-22(34-25(29)19-12-6-2-7-13-19)23(35-26(30)20-14-8-3-9-15-20)24(27(31)33-21)32-17-18-10-4-1-5-11-18/h1-15,21-24,27-28,31H,16-17H2/t21-,22-,23+,24-,27+/m0/s1. The Kier molecular flexibility index (Phi) is 8.23. The molecule has 8 heteroatoms. The lowest BCUT2D eigenvalue weighted by atomic mass is 9.98. The lowest BCUT2D eigenvalue weighted by Gasteiger charge is -2.43. The number of carbonyl (C=O) groups excluding carboxylic acids is 2. The molecular weight excluding hydrogens is 452 g/mol. The first-order valence-electron chi connectivity index (χ1n) is 11.2. The highest BCUT2D eigenvalue weighted by Gasteiger charge is 2.50. The number of aliphatic hydroxyl groups is 2. The fourth-order valence-corrected chi connectivity index (χ4v) is 3.79. The number of hydrogen-bond acceptors (Lipinski definition) is 8. The normalized spacial score (nSPS) is 23.9. The first-order valence-corrected chi connectivity index (χ1v) is 11.2. The number of rotatable bonds is 8. The lowest BCUT2D eigenvalue weighted by Crippen LogP contribution is -2.62. The molecule has 0 spiro atoms. The average Bonchev–Trinajstić information content (AvgIpc) is 2.91. The first kappa shape index (κ1) is 24.6. The third-order valence-corrected chi connectivity index (χ3v) is 5.58. The molecule has 0 radical (unpaired) electrons. The van der Waals surface area contributed by atoms with Crippen LogP contribution in [0.1, 0.15) is 26.3 Å². The maximum Gasteiger partial charge on any atom is 0.338 e. The van der Waals surface area contributed by atoms with E-state index in [4.69, 9.17) is 18.9 Å². The summed E-state index contributed by atoms with van der Waals surface area (Å²) >= 11 is 0. The van der Waals surface area contributed by atoms with Crippen molar-refractivity contribution in [2.45, 2.75) is 37.3 Å². The van der Waals surface area contributed by atoms with Gasteiger partial charge >= 0.3 is 11.9 Å². The van der Waals surface area contributed by atoms with Gasteiger partial charge in [-0.05, 0) is 29.8 Å². The van der Waals surface area contributed by atoms with E-state index < -0.39 is 49.3 Å². The number of hydrogen-bond donors (Lipinski definition) is 2. The number of esters is 2. The molecule has 5 atom stereocenters. The highest BCUT2D eigenvalue weighted by molar-refractivity contribution is 5.90. The molecule has 0 amide bonds. The van der Waals surface area contributed by atoms with E-state index in [0.29, 0.717) is 0 Å². The monoisotopic (exact) mass is 478 g/mol. The van der Waals surface area contributed by atoms with Gasteiger partial charge in [-0.15, -0.1) is 0 Å². The molecule has 0 aromatic heterocycles. The molecule has 35 heavy (non-hydrogen) atoms. The Hall–Kier alpha value is -3.56. The maximum atomic E-state index is 12.9. The van der Waals surface area contributed by atoms with Crippen molar-refractivity contribution in [1.29, 1.82) is 0 Å². The molecule has 0 saturated carbocycles. The second-order valence-electron chi connectivity index (χ2n) is 7.98. The van der Waals surface area contributed by atoms with E-state index in [1.165, 1.54) is 0 Å². The van der Waals surface area contributed by atoms with Gasteiger partial charge in [-0.1, -0.05) is 66.7 Å². The fraction of sp³-hybridized carbons (Fsp3) is 0.259. The van der Waals surface area contributed by atoms with Crippen molar-refractivity contribution in [1.82, 2.24) is 0 Å². The van der Waals surface area contributed by atoms with Gasteiger partial charge in [0.25, 0.3) is 0 Å². The SMILES string of the molecule is O=C(O[C@@H]1[C@@H](OC(=O)c2ccccc2)[C@H](CO)O[C@@H](O)[C@H]1OCc1ccccc1)c1ccccc1. The largest absolute Gasteiger partial charge is 0.452 e. The number of ether oxygens (including phenoxy) is 4. The molecule has 2 N–H and O–H groups in total. The van der Waals surface area contributed by atoms with Crippen LogP contribution in [0.15, 0.2) is 91.0 Å². The van der Waals surface area contributed by atoms with Crippen LogP contribution in [0.25, 0.3) is 0 Å². The molecule has 1 fully saturated rings. The molecular formula is C27H26O8. The molecule has 1 saturated heterocycles. The lowest BCUT2D eigenvalue weighted by molar-refractivity contribution is -0.296. The van der Waals surface area contributed by atoms with Crippen LogP contribution in [-0.2, 0) is 25.6 Å². The van der Waals surface area contributed by atoms with Crippen molar-refractivity contribution in [3.8, 4) is 0 Å². The van der Waals surface area contributed by atoms with Crippen LogP contribution in [0.4, 0.5) is 0 Å². The maximum absolute atomic E-state index is 12.9. The van der Waals surface area contributed by atoms with Gasteiger partial charge in [0.15, 0.2) is 18.5 Å². The molecule has 3 aromatic carbocycles. The van der Waals surface area contributed by atoms with Crippen LogP contribution in [0.2, 0.25) is 0 Å². The number of carbonyl (C=O) groups is 2. The topological polar surface area (TPSA) is 112 Å². The molecule has 0 unspecified atom stereocenters. The molecule has 4 rings (SSSR count).